The summed E-state index contributed by atoms with van der Waals surface area (Å²) in [6, 6.07) is 3.78. The Kier molecular flexibility index (Phi) is 3.18. The fourth-order valence-electron chi connectivity index (χ4n) is 1.61. The normalized spacial score (nSPS) is 10.6. The lowest BCUT2D eigenvalue weighted by Crippen LogP contribution is -2.04. The van der Waals surface area contributed by atoms with Gasteiger partial charge < -0.3 is 5.11 Å². The molecule has 2 aromatic rings. The van der Waals surface area contributed by atoms with Crippen molar-refractivity contribution < 1.29 is 9.90 Å². The first-order chi connectivity index (χ1) is 8.16. The predicted molar refractivity (Wildman–Crippen MR) is 63.5 cm³/mol. The number of fused-ring (bicyclic) bond motifs is 1. The Morgan fingerprint density at radius 3 is 3.06 bits per heavy atom. The van der Waals surface area contributed by atoms with E-state index in [9.17, 15) is 4.79 Å². The van der Waals surface area contributed by atoms with Crippen LogP contribution in [0.2, 0.25) is 0 Å². The number of carboxylic acids is 1. The number of carboxylic acid groups (broad SMARTS) is 1. The standard InChI is InChI=1S/C12H13N3O2/c1-9(4-5-12(16)17)8-15-11-3-2-6-13-10(11)7-14-15/h2-3,6-7H,1,4-5,8H2,(H,16,17). The van der Waals surface area contributed by atoms with Crippen LogP contribution >= 0.6 is 0 Å². The Morgan fingerprint density at radius 1 is 1.47 bits per heavy atom. The maximum atomic E-state index is 10.4. The van der Waals surface area contributed by atoms with Crippen LogP contribution in [0.15, 0.2) is 36.7 Å². The van der Waals surface area contributed by atoms with Crippen molar-refractivity contribution in [3.8, 4) is 0 Å². The van der Waals surface area contributed by atoms with Gasteiger partial charge in [-0.25, -0.2) is 0 Å². The topological polar surface area (TPSA) is 68.0 Å². The molecule has 0 aliphatic carbocycles. The van der Waals surface area contributed by atoms with Gasteiger partial charge in [0.15, 0.2) is 0 Å². The van der Waals surface area contributed by atoms with Crippen molar-refractivity contribution in [2.45, 2.75) is 19.4 Å². The van der Waals surface area contributed by atoms with Crippen molar-refractivity contribution in [2.75, 3.05) is 0 Å². The Balaban J connectivity index is 2.08. The van der Waals surface area contributed by atoms with Crippen LogP contribution in [0.25, 0.3) is 11.0 Å². The number of nitrogens with zero attached hydrogens (tertiary/aromatic N) is 3. The molecule has 2 rings (SSSR count). The second kappa shape index (κ2) is 4.78. The SMILES string of the molecule is C=C(CCC(=O)O)Cn1ncc2ncccc21. The highest BCUT2D eigenvalue weighted by Crippen LogP contribution is 2.13. The number of aromatic nitrogens is 3. The number of rotatable bonds is 5. The van der Waals surface area contributed by atoms with E-state index in [1.165, 1.54) is 0 Å². The van der Waals surface area contributed by atoms with E-state index in [0.717, 1.165) is 16.6 Å². The monoisotopic (exact) mass is 231 g/mol. The van der Waals surface area contributed by atoms with Crippen molar-refractivity contribution in [2.24, 2.45) is 0 Å². The molecule has 1 N–H and O–H groups in total. The lowest BCUT2D eigenvalue weighted by molar-refractivity contribution is -0.136. The average Bonchev–Trinajstić information content (AvgIpc) is 2.70. The Morgan fingerprint density at radius 2 is 2.29 bits per heavy atom. The Hall–Kier alpha value is -2.17. The lowest BCUT2D eigenvalue weighted by atomic mass is 10.1. The maximum Gasteiger partial charge on any atom is 0.303 e. The molecule has 2 aromatic heterocycles. The summed E-state index contributed by atoms with van der Waals surface area (Å²) in [6.07, 6.45) is 3.99. The lowest BCUT2D eigenvalue weighted by Gasteiger charge is -2.05. The second-order valence-corrected chi connectivity index (χ2v) is 3.85. The van der Waals surface area contributed by atoms with E-state index in [2.05, 4.69) is 16.7 Å². The van der Waals surface area contributed by atoms with Gasteiger partial charge in [0.25, 0.3) is 0 Å². The van der Waals surface area contributed by atoms with E-state index in [-0.39, 0.29) is 6.42 Å². The van der Waals surface area contributed by atoms with Gasteiger partial charge in [0.1, 0.15) is 5.52 Å². The van der Waals surface area contributed by atoms with E-state index in [4.69, 9.17) is 5.11 Å². The van der Waals surface area contributed by atoms with Crippen molar-refractivity contribution >= 4 is 17.0 Å². The van der Waals surface area contributed by atoms with Gasteiger partial charge in [0.05, 0.1) is 18.3 Å². The van der Waals surface area contributed by atoms with E-state index in [1.807, 2.05) is 12.1 Å². The third kappa shape index (κ3) is 2.69. The molecule has 0 amide bonds. The summed E-state index contributed by atoms with van der Waals surface area (Å²) in [6.45, 7) is 4.39. The van der Waals surface area contributed by atoms with Gasteiger partial charge in [-0.05, 0) is 18.6 Å². The largest absolute Gasteiger partial charge is 0.481 e. The quantitative estimate of drug-likeness (QED) is 0.797. The summed E-state index contributed by atoms with van der Waals surface area (Å²) in [5, 5.41) is 12.8. The molecule has 0 bridgehead atoms. The fourth-order valence-corrected chi connectivity index (χ4v) is 1.61. The summed E-state index contributed by atoms with van der Waals surface area (Å²) in [4.78, 5) is 14.6. The second-order valence-electron chi connectivity index (χ2n) is 3.85. The van der Waals surface area contributed by atoms with Gasteiger partial charge in [-0.3, -0.25) is 14.5 Å². The molecular formula is C12H13N3O2. The number of carbonyl (C=O) groups is 1. The van der Waals surface area contributed by atoms with Gasteiger partial charge in [-0.1, -0.05) is 12.2 Å². The minimum Gasteiger partial charge on any atom is -0.481 e. The number of hydrogen-bond acceptors (Lipinski definition) is 3. The zero-order chi connectivity index (χ0) is 12.3. The first-order valence-corrected chi connectivity index (χ1v) is 5.32. The number of aliphatic carboxylic acids is 1. The van der Waals surface area contributed by atoms with Gasteiger partial charge in [-0.2, -0.15) is 5.10 Å². The summed E-state index contributed by atoms with van der Waals surface area (Å²) in [5.74, 6) is -0.807. The van der Waals surface area contributed by atoms with Gasteiger partial charge in [0, 0.05) is 12.6 Å². The van der Waals surface area contributed by atoms with E-state index in [1.54, 1.807) is 17.1 Å². The molecule has 5 heteroatoms. The Labute approximate surface area is 98.4 Å². The molecular weight excluding hydrogens is 218 g/mol. The van der Waals surface area contributed by atoms with Crippen molar-refractivity contribution in [3.05, 3.63) is 36.7 Å². The van der Waals surface area contributed by atoms with Crippen LogP contribution in [0, 0.1) is 0 Å². The summed E-state index contributed by atoms with van der Waals surface area (Å²) < 4.78 is 1.78. The highest BCUT2D eigenvalue weighted by molar-refractivity contribution is 5.73. The molecule has 0 atom stereocenters. The number of pyridine rings is 1. The molecule has 0 saturated heterocycles. The Bertz CT molecular complexity index is 560. The van der Waals surface area contributed by atoms with Crippen molar-refractivity contribution in [1.82, 2.24) is 14.8 Å². The van der Waals surface area contributed by atoms with Crippen molar-refractivity contribution in [3.63, 3.8) is 0 Å². The molecule has 0 spiro atoms. The van der Waals surface area contributed by atoms with Gasteiger partial charge in [-0.15, -0.1) is 0 Å². The third-order valence-electron chi connectivity index (χ3n) is 2.48. The zero-order valence-electron chi connectivity index (χ0n) is 9.33. The molecule has 0 radical (unpaired) electrons. The first-order valence-electron chi connectivity index (χ1n) is 5.32. The van der Waals surface area contributed by atoms with Crippen LogP contribution in [-0.4, -0.2) is 25.8 Å². The number of hydrogen-bond donors (Lipinski definition) is 1. The van der Waals surface area contributed by atoms with Crippen LogP contribution in [0.3, 0.4) is 0 Å². The van der Waals surface area contributed by atoms with Crippen LogP contribution in [-0.2, 0) is 11.3 Å². The molecule has 0 aliphatic rings. The minimum atomic E-state index is -0.807. The summed E-state index contributed by atoms with van der Waals surface area (Å²) in [5.41, 5.74) is 2.61. The van der Waals surface area contributed by atoms with E-state index in [0.29, 0.717) is 13.0 Å². The molecule has 2 heterocycles. The molecule has 88 valence electrons. The first kappa shape index (κ1) is 11.3. The van der Waals surface area contributed by atoms with Crippen molar-refractivity contribution in [1.29, 1.82) is 0 Å². The molecule has 17 heavy (non-hydrogen) atoms. The highest BCUT2D eigenvalue weighted by atomic mass is 16.4. The molecule has 0 fully saturated rings. The average molecular weight is 231 g/mol. The number of allylic oxidation sites excluding steroid dienone is 1. The van der Waals surface area contributed by atoms with E-state index >= 15 is 0 Å². The fraction of sp³-hybridized carbons (Fsp3) is 0.250. The summed E-state index contributed by atoms with van der Waals surface area (Å²) >= 11 is 0. The molecule has 0 unspecified atom stereocenters. The molecule has 0 aliphatic heterocycles. The molecule has 0 saturated carbocycles. The third-order valence-corrected chi connectivity index (χ3v) is 2.48. The zero-order valence-corrected chi connectivity index (χ0v) is 9.33. The van der Waals surface area contributed by atoms with Crippen LogP contribution in [0.5, 0.6) is 0 Å². The van der Waals surface area contributed by atoms with Crippen LogP contribution < -0.4 is 0 Å². The maximum absolute atomic E-state index is 10.4. The van der Waals surface area contributed by atoms with Crippen LogP contribution in [0.1, 0.15) is 12.8 Å². The van der Waals surface area contributed by atoms with Gasteiger partial charge >= 0.3 is 5.97 Å². The van der Waals surface area contributed by atoms with Gasteiger partial charge in [0.2, 0.25) is 0 Å². The summed E-state index contributed by atoms with van der Waals surface area (Å²) in [7, 11) is 0. The predicted octanol–water partition coefficient (Wildman–Crippen LogP) is 1.85. The van der Waals surface area contributed by atoms with E-state index < -0.39 is 5.97 Å². The smallest absolute Gasteiger partial charge is 0.303 e. The van der Waals surface area contributed by atoms with Crippen LogP contribution in [0.4, 0.5) is 0 Å². The molecule has 5 nitrogen and oxygen atoms in total. The molecule has 0 aromatic carbocycles. The highest BCUT2D eigenvalue weighted by Gasteiger charge is 2.05. The minimum absolute atomic E-state index is 0.107.